The summed E-state index contributed by atoms with van der Waals surface area (Å²) in [6.45, 7) is 9.70. The third-order valence-corrected chi connectivity index (χ3v) is 5.01. The second-order valence-corrected chi connectivity index (χ2v) is 7.07. The number of hydrogen-bond donors (Lipinski definition) is 1. The van der Waals surface area contributed by atoms with Crippen molar-refractivity contribution >= 4 is 27.3 Å². The fourth-order valence-corrected chi connectivity index (χ4v) is 3.82. The number of nitrogens with zero attached hydrogens (tertiary/aromatic N) is 2. The van der Waals surface area contributed by atoms with E-state index in [2.05, 4.69) is 70.2 Å². The first kappa shape index (κ1) is 15.7. The number of halogens is 1. The van der Waals surface area contributed by atoms with Crippen molar-refractivity contribution in [2.75, 3.05) is 6.54 Å². The molecule has 0 aliphatic rings. The van der Waals surface area contributed by atoms with E-state index in [-0.39, 0.29) is 6.04 Å². The highest BCUT2D eigenvalue weighted by atomic mass is 79.9. The molecular formula is C15H22BrN3S. The molecule has 1 atom stereocenters. The van der Waals surface area contributed by atoms with Gasteiger partial charge in [-0.05, 0) is 66.7 Å². The van der Waals surface area contributed by atoms with E-state index in [4.69, 9.17) is 0 Å². The summed E-state index contributed by atoms with van der Waals surface area (Å²) in [5, 5.41) is 10.4. The first-order chi connectivity index (χ1) is 9.56. The van der Waals surface area contributed by atoms with Crippen molar-refractivity contribution in [3.63, 3.8) is 0 Å². The van der Waals surface area contributed by atoms with Gasteiger partial charge in [0.15, 0.2) is 0 Å². The fourth-order valence-electron chi connectivity index (χ4n) is 2.31. The van der Waals surface area contributed by atoms with Crippen LogP contribution < -0.4 is 5.32 Å². The smallest absolute Gasteiger partial charge is 0.0856 e. The molecule has 20 heavy (non-hydrogen) atoms. The maximum Gasteiger partial charge on any atom is 0.0856 e. The minimum Gasteiger partial charge on any atom is -0.304 e. The van der Waals surface area contributed by atoms with Gasteiger partial charge in [-0.15, -0.1) is 11.3 Å². The summed E-state index contributed by atoms with van der Waals surface area (Å²) < 4.78 is 3.18. The lowest BCUT2D eigenvalue weighted by Crippen LogP contribution is -2.26. The van der Waals surface area contributed by atoms with Gasteiger partial charge >= 0.3 is 0 Å². The monoisotopic (exact) mass is 355 g/mol. The molecular weight excluding hydrogens is 334 g/mol. The predicted molar refractivity (Wildman–Crippen MR) is 89.5 cm³/mol. The maximum absolute atomic E-state index is 4.52. The molecule has 1 unspecified atom stereocenters. The molecule has 2 aromatic heterocycles. The quantitative estimate of drug-likeness (QED) is 0.814. The first-order valence-corrected chi connectivity index (χ1v) is 8.73. The van der Waals surface area contributed by atoms with Crippen molar-refractivity contribution in [3.8, 4) is 0 Å². The van der Waals surface area contributed by atoms with Gasteiger partial charge in [-0.3, -0.25) is 4.68 Å². The number of thiophene rings is 1. The van der Waals surface area contributed by atoms with E-state index in [0.717, 1.165) is 17.4 Å². The Morgan fingerprint density at radius 2 is 2.20 bits per heavy atom. The van der Waals surface area contributed by atoms with Gasteiger partial charge in [0.05, 0.1) is 22.4 Å². The Kier molecular flexibility index (Phi) is 5.41. The Morgan fingerprint density at radius 1 is 1.45 bits per heavy atom. The molecule has 1 N–H and O–H groups in total. The van der Waals surface area contributed by atoms with Crippen LogP contribution in [0.15, 0.2) is 22.1 Å². The lowest BCUT2D eigenvalue weighted by molar-refractivity contribution is 0.472. The van der Waals surface area contributed by atoms with Crippen LogP contribution in [0.4, 0.5) is 0 Å². The summed E-state index contributed by atoms with van der Waals surface area (Å²) >= 11 is 5.48. The summed E-state index contributed by atoms with van der Waals surface area (Å²) in [5.41, 5.74) is 2.56. The average Bonchev–Trinajstić information content (AvgIpc) is 2.98. The predicted octanol–water partition coefficient (Wildman–Crippen LogP) is 4.69. The molecule has 0 spiro atoms. The zero-order chi connectivity index (χ0) is 14.7. The second kappa shape index (κ2) is 6.87. The number of hydrogen-bond acceptors (Lipinski definition) is 3. The lowest BCUT2D eigenvalue weighted by Gasteiger charge is -2.22. The van der Waals surface area contributed by atoms with Crippen LogP contribution in [0.1, 0.15) is 55.4 Å². The highest BCUT2D eigenvalue weighted by Gasteiger charge is 2.24. The Balaban J connectivity index is 2.46. The van der Waals surface area contributed by atoms with Gasteiger partial charge in [0.25, 0.3) is 0 Å². The largest absolute Gasteiger partial charge is 0.304 e. The standard InChI is InChI=1S/C15H22BrN3S/c1-5-7-17-13(15-11(4)6-8-20-15)14-12(16)9-18-19(14)10(2)3/h6,8-10,13,17H,5,7H2,1-4H3. The first-order valence-electron chi connectivity index (χ1n) is 7.06. The highest BCUT2D eigenvalue weighted by molar-refractivity contribution is 9.10. The number of aryl methyl sites for hydroxylation is 1. The van der Waals surface area contributed by atoms with E-state index >= 15 is 0 Å². The summed E-state index contributed by atoms with van der Waals surface area (Å²) in [4.78, 5) is 1.38. The van der Waals surface area contributed by atoms with Gasteiger partial charge in [0, 0.05) is 10.9 Å². The molecule has 0 amide bonds. The van der Waals surface area contributed by atoms with Crippen LogP contribution in [0.25, 0.3) is 0 Å². The van der Waals surface area contributed by atoms with Gasteiger partial charge in [-0.1, -0.05) is 6.92 Å². The third kappa shape index (κ3) is 3.15. The van der Waals surface area contributed by atoms with Crippen LogP contribution >= 0.6 is 27.3 Å². The number of rotatable bonds is 6. The summed E-state index contributed by atoms with van der Waals surface area (Å²) in [6, 6.07) is 2.74. The zero-order valence-corrected chi connectivity index (χ0v) is 14.9. The Bertz CT molecular complexity index is 559. The molecule has 0 bridgehead atoms. The Hall–Kier alpha value is -0.650. The third-order valence-electron chi connectivity index (χ3n) is 3.31. The summed E-state index contributed by atoms with van der Waals surface area (Å²) in [5.74, 6) is 0. The van der Waals surface area contributed by atoms with Crippen LogP contribution in [0.3, 0.4) is 0 Å². The molecule has 0 saturated carbocycles. The average molecular weight is 356 g/mol. The van der Waals surface area contributed by atoms with Crippen molar-refractivity contribution < 1.29 is 0 Å². The van der Waals surface area contributed by atoms with Gasteiger partial charge in [-0.25, -0.2) is 0 Å². The second-order valence-electron chi connectivity index (χ2n) is 5.27. The molecule has 3 nitrogen and oxygen atoms in total. The molecule has 0 aliphatic heterocycles. The molecule has 5 heteroatoms. The van der Waals surface area contributed by atoms with Crippen LogP contribution in [0.5, 0.6) is 0 Å². The Morgan fingerprint density at radius 3 is 2.75 bits per heavy atom. The topological polar surface area (TPSA) is 29.9 Å². The maximum atomic E-state index is 4.52. The van der Waals surface area contributed by atoms with Crippen LogP contribution in [0, 0.1) is 6.92 Å². The normalized spacial score (nSPS) is 13.1. The molecule has 110 valence electrons. The van der Waals surface area contributed by atoms with E-state index in [1.165, 1.54) is 16.1 Å². The van der Waals surface area contributed by atoms with Crippen molar-refractivity contribution in [1.29, 1.82) is 0 Å². The number of nitrogens with one attached hydrogen (secondary N) is 1. The zero-order valence-electron chi connectivity index (χ0n) is 12.5. The molecule has 0 saturated heterocycles. The lowest BCUT2D eigenvalue weighted by atomic mass is 10.1. The van der Waals surface area contributed by atoms with Gasteiger partial charge in [0.1, 0.15) is 0 Å². The summed E-state index contributed by atoms with van der Waals surface area (Å²) in [6.07, 6.45) is 3.02. The van der Waals surface area contributed by atoms with E-state index in [0.29, 0.717) is 6.04 Å². The number of aromatic nitrogens is 2. The van der Waals surface area contributed by atoms with Crippen LogP contribution in [0.2, 0.25) is 0 Å². The van der Waals surface area contributed by atoms with E-state index in [9.17, 15) is 0 Å². The molecule has 0 radical (unpaired) electrons. The van der Waals surface area contributed by atoms with Crippen molar-refractivity contribution in [3.05, 3.63) is 38.3 Å². The molecule has 2 heterocycles. The van der Waals surface area contributed by atoms with Crippen molar-refractivity contribution in [2.45, 2.75) is 46.2 Å². The Labute approximate surface area is 133 Å². The fraction of sp³-hybridized carbons (Fsp3) is 0.533. The molecule has 0 aliphatic carbocycles. The van der Waals surface area contributed by atoms with E-state index in [1.54, 1.807) is 0 Å². The summed E-state index contributed by atoms with van der Waals surface area (Å²) in [7, 11) is 0. The van der Waals surface area contributed by atoms with Gasteiger partial charge < -0.3 is 5.32 Å². The minimum absolute atomic E-state index is 0.203. The van der Waals surface area contributed by atoms with Gasteiger partial charge in [0.2, 0.25) is 0 Å². The molecule has 2 rings (SSSR count). The molecule has 0 fully saturated rings. The SMILES string of the molecule is CCCNC(c1sccc1C)c1c(Br)cnn1C(C)C. The van der Waals surface area contributed by atoms with Crippen molar-refractivity contribution in [1.82, 2.24) is 15.1 Å². The van der Waals surface area contributed by atoms with E-state index < -0.39 is 0 Å². The van der Waals surface area contributed by atoms with Crippen LogP contribution in [-0.4, -0.2) is 16.3 Å². The van der Waals surface area contributed by atoms with Crippen molar-refractivity contribution in [2.24, 2.45) is 0 Å². The minimum atomic E-state index is 0.203. The van der Waals surface area contributed by atoms with Gasteiger partial charge in [-0.2, -0.15) is 5.10 Å². The van der Waals surface area contributed by atoms with Crippen LogP contribution in [-0.2, 0) is 0 Å². The van der Waals surface area contributed by atoms with E-state index in [1.807, 2.05) is 17.5 Å². The highest BCUT2D eigenvalue weighted by Crippen LogP contribution is 2.34. The molecule has 2 aromatic rings. The molecule has 0 aromatic carbocycles.